The van der Waals surface area contributed by atoms with E-state index in [1.54, 1.807) is 7.11 Å². The molecule has 0 saturated heterocycles. The van der Waals surface area contributed by atoms with Crippen molar-refractivity contribution in [2.75, 3.05) is 12.0 Å². The van der Waals surface area contributed by atoms with Crippen LogP contribution in [0.25, 0.3) is 5.57 Å². The molecule has 2 atom stereocenters. The molecule has 1 heterocycles. The fourth-order valence-corrected chi connectivity index (χ4v) is 7.56. The molecule has 0 radical (unpaired) electrons. The number of carbonyl (C=O) groups excluding carboxylic acids is 1. The Balaban J connectivity index is 1.66. The number of aromatic carboxylic acids is 1. The normalized spacial score (nSPS) is 28.9. The van der Waals surface area contributed by atoms with E-state index < -0.39 is 5.97 Å². The van der Waals surface area contributed by atoms with Crippen LogP contribution in [0.5, 0.6) is 0 Å². The second-order valence-corrected chi connectivity index (χ2v) is 13.1. The summed E-state index contributed by atoms with van der Waals surface area (Å²) in [7, 11) is 1.76. The molecule has 1 N–H and O–H groups in total. The van der Waals surface area contributed by atoms with Crippen LogP contribution in [-0.4, -0.2) is 36.2 Å². The zero-order chi connectivity index (χ0) is 25.2. The lowest BCUT2D eigenvalue weighted by Gasteiger charge is -2.37. The van der Waals surface area contributed by atoms with Gasteiger partial charge in [0.2, 0.25) is 5.91 Å². The quantitative estimate of drug-likeness (QED) is 0.419. The summed E-state index contributed by atoms with van der Waals surface area (Å²) < 4.78 is 5.58. The first-order valence-electron chi connectivity index (χ1n) is 13.6. The second kappa shape index (κ2) is 11.2. The lowest BCUT2D eigenvalue weighted by Crippen LogP contribution is -2.44. The predicted molar refractivity (Wildman–Crippen MR) is 143 cm³/mol. The van der Waals surface area contributed by atoms with E-state index in [4.69, 9.17) is 4.74 Å². The Morgan fingerprint density at radius 3 is 2.54 bits per heavy atom. The summed E-state index contributed by atoms with van der Waals surface area (Å²) in [6.45, 7) is 6.84. The van der Waals surface area contributed by atoms with E-state index >= 15 is 0 Å². The number of rotatable bonds is 7. The van der Waals surface area contributed by atoms with Crippen molar-refractivity contribution in [3.8, 4) is 0 Å². The lowest BCUT2D eigenvalue weighted by atomic mass is 9.77. The zero-order valence-electron chi connectivity index (χ0n) is 22.0. The molecule has 2 fully saturated rings. The first-order chi connectivity index (χ1) is 16.7. The van der Waals surface area contributed by atoms with Gasteiger partial charge in [0, 0.05) is 24.4 Å². The average molecular weight is 502 g/mol. The number of thiophene rings is 1. The minimum absolute atomic E-state index is 0.0345. The van der Waals surface area contributed by atoms with E-state index in [1.807, 2.05) is 11.0 Å². The van der Waals surface area contributed by atoms with E-state index in [0.29, 0.717) is 28.8 Å². The molecule has 6 heteroatoms. The van der Waals surface area contributed by atoms with Crippen molar-refractivity contribution in [1.82, 2.24) is 0 Å². The van der Waals surface area contributed by atoms with E-state index in [2.05, 4.69) is 26.8 Å². The van der Waals surface area contributed by atoms with Crippen molar-refractivity contribution in [1.29, 1.82) is 0 Å². The minimum atomic E-state index is -0.929. The summed E-state index contributed by atoms with van der Waals surface area (Å²) in [5.41, 5.74) is 2.07. The van der Waals surface area contributed by atoms with Gasteiger partial charge in [0.25, 0.3) is 0 Å². The summed E-state index contributed by atoms with van der Waals surface area (Å²) in [6.07, 6.45) is 14.3. The van der Waals surface area contributed by atoms with Gasteiger partial charge >= 0.3 is 5.97 Å². The third-order valence-electron chi connectivity index (χ3n) is 8.48. The average Bonchev–Trinajstić information content (AvgIpc) is 3.24. The predicted octanol–water partition coefficient (Wildman–Crippen LogP) is 7.55. The molecule has 2 unspecified atom stereocenters. The molecule has 0 aromatic carbocycles. The monoisotopic (exact) mass is 501 g/mol. The molecule has 35 heavy (non-hydrogen) atoms. The van der Waals surface area contributed by atoms with E-state index in [9.17, 15) is 14.7 Å². The third-order valence-corrected chi connectivity index (χ3v) is 9.67. The number of allylic oxidation sites excluding steroid dienone is 2. The number of hydrogen-bond acceptors (Lipinski definition) is 4. The standard InChI is InChI=1S/C29H43NO4S/c1-19-7-5-8-20(15-19)16-26(31)30(22-10-12-23(34-4)13-11-22)24-17-25(35-27(24)28(32)33)21-9-6-14-29(2,3)18-21/h9,17,19-20,22-23H,5-8,10-16,18H2,1-4H3,(H,32,33). The number of nitrogens with zero attached hydrogens (tertiary/aromatic N) is 1. The van der Waals surface area contributed by atoms with Crippen molar-refractivity contribution in [2.45, 2.75) is 110 Å². The van der Waals surface area contributed by atoms with Crippen molar-refractivity contribution in [2.24, 2.45) is 17.3 Å². The van der Waals surface area contributed by atoms with Crippen LogP contribution in [0.3, 0.4) is 0 Å². The number of ether oxygens (including phenoxy) is 1. The minimum Gasteiger partial charge on any atom is -0.477 e. The fourth-order valence-electron chi connectivity index (χ4n) is 6.54. The SMILES string of the molecule is COC1CCC(N(C(=O)CC2CCCC(C)C2)c2cc(C3=CCCC(C)(C)C3)sc2C(=O)O)CC1. The summed E-state index contributed by atoms with van der Waals surface area (Å²) in [4.78, 5) is 29.6. The Morgan fingerprint density at radius 2 is 1.91 bits per heavy atom. The molecule has 1 amide bonds. The largest absolute Gasteiger partial charge is 0.477 e. The number of carboxylic acids is 1. The lowest BCUT2D eigenvalue weighted by molar-refractivity contribution is -0.120. The highest BCUT2D eigenvalue weighted by molar-refractivity contribution is 7.15. The third kappa shape index (κ3) is 6.37. The van der Waals surface area contributed by atoms with Crippen molar-refractivity contribution < 1.29 is 19.4 Å². The van der Waals surface area contributed by atoms with E-state index in [1.165, 1.54) is 29.8 Å². The molecular weight excluding hydrogens is 458 g/mol. The van der Waals surface area contributed by atoms with Crippen LogP contribution in [0.2, 0.25) is 0 Å². The van der Waals surface area contributed by atoms with Gasteiger partial charge in [0.1, 0.15) is 4.88 Å². The highest BCUT2D eigenvalue weighted by Gasteiger charge is 2.36. The molecule has 0 aliphatic heterocycles. The van der Waals surface area contributed by atoms with Crippen LogP contribution in [0, 0.1) is 17.3 Å². The molecule has 4 rings (SSSR count). The molecule has 3 aliphatic rings. The summed E-state index contributed by atoms with van der Waals surface area (Å²) in [6, 6.07) is 2.05. The summed E-state index contributed by atoms with van der Waals surface area (Å²) >= 11 is 1.35. The van der Waals surface area contributed by atoms with E-state index in [0.717, 1.165) is 62.7 Å². The second-order valence-electron chi connectivity index (χ2n) is 12.0. The number of carbonyl (C=O) groups is 2. The van der Waals surface area contributed by atoms with Crippen LogP contribution in [0.4, 0.5) is 5.69 Å². The first-order valence-corrected chi connectivity index (χ1v) is 14.4. The van der Waals surface area contributed by atoms with Gasteiger partial charge in [-0.3, -0.25) is 4.79 Å². The molecule has 0 bridgehead atoms. The van der Waals surface area contributed by atoms with Crippen LogP contribution >= 0.6 is 11.3 Å². The maximum absolute atomic E-state index is 13.9. The van der Waals surface area contributed by atoms with Gasteiger partial charge < -0.3 is 14.7 Å². The summed E-state index contributed by atoms with van der Waals surface area (Å²) in [5, 5.41) is 10.2. The molecule has 3 aliphatic carbocycles. The highest BCUT2D eigenvalue weighted by atomic mass is 32.1. The Bertz CT molecular complexity index is 940. The number of amides is 1. The Hall–Kier alpha value is -1.66. The van der Waals surface area contributed by atoms with Crippen molar-refractivity contribution in [3.05, 3.63) is 21.9 Å². The molecule has 5 nitrogen and oxygen atoms in total. The molecular formula is C29H43NO4S. The van der Waals surface area contributed by atoms with Gasteiger partial charge in [-0.1, -0.05) is 39.7 Å². The first kappa shape index (κ1) is 26.4. The number of hydrogen-bond donors (Lipinski definition) is 1. The smallest absolute Gasteiger partial charge is 0.348 e. The van der Waals surface area contributed by atoms with Crippen LogP contribution in [0.15, 0.2) is 12.1 Å². The molecule has 194 valence electrons. The van der Waals surface area contributed by atoms with Crippen LogP contribution in [0.1, 0.15) is 112 Å². The Labute approximate surface area is 214 Å². The van der Waals surface area contributed by atoms with Gasteiger partial charge in [0.05, 0.1) is 11.8 Å². The summed E-state index contributed by atoms with van der Waals surface area (Å²) in [5.74, 6) is 0.240. The van der Waals surface area contributed by atoms with Gasteiger partial charge in [-0.2, -0.15) is 0 Å². The Kier molecular flexibility index (Phi) is 8.42. The number of methoxy groups -OCH3 is 1. The van der Waals surface area contributed by atoms with Crippen molar-refractivity contribution in [3.63, 3.8) is 0 Å². The van der Waals surface area contributed by atoms with Crippen LogP contribution < -0.4 is 4.90 Å². The Morgan fingerprint density at radius 1 is 1.17 bits per heavy atom. The topological polar surface area (TPSA) is 66.8 Å². The fraction of sp³-hybridized carbons (Fsp3) is 0.724. The van der Waals surface area contributed by atoms with E-state index in [-0.39, 0.29) is 23.5 Å². The van der Waals surface area contributed by atoms with Crippen molar-refractivity contribution >= 4 is 34.5 Å². The highest BCUT2D eigenvalue weighted by Crippen LogP contribution is 2.45. The zero-order valence-corrected chi connectivity index (χ0v) is 22.8. The maximum Gasteiger partial charge on any atom is 0.348 e. The van der Waals surface area contributed by atoms with Gasteiger partial charge in [0.15, 0.2) is 0 Å². The molecule has 0 spiro atoms. The van der Waals surface area contributed by atoms with Crippen LogP contribution in [-0.2, 0) is 9.53 Å². The van der Waals surface area contributed by atoms with Gasteiger partial charge in [-0.25, -0.2) is 4.79 Å². The maximum atomic E-state index is 13.9. The molecule has 2 saturated carbocycles. The van der Waals surface area contributed by atoms with Gasteiger partial charge in [-0.05, 0) is 86.7 Å². The molecule has 1 aromatic rings. The van der Waals surface area contributed by atoms with Gasteiger partial charge in [-0.15, -0.1) is 11.3 Å². The molecule has 1 aromatic heterocycles. The number of anilines is 1. The number of carboxylic acid groups (broad SMARTS) is 1.